The highest BCUT2D eigenvalue weighted by molar-refractivity contribution is 8.00. The largest absolute Gasteiger partial charge is 0.348 e. The van der Waals surface area contributed by atoms with Gasteiger partial charge in [-0.1, -0.05) is 31.7 Å². The molecule has 0 fully saturated rings. The first kappa shape index (κ1) is 21.5. The number of aromatic nitrogens is 2. The lowest BCUT2D eigenvalue weighted by Gasteiger charge is -2.20. The fourth-order valence-electron chi connectivity index (χ4n) is 3.61. The number of anilines is 1. The number of fused-ring (bicyclic) bond motifs is 1. The van der Waals surface area contributed by atoms with Gasteiger partial charge in [-0.15, -0.1) is 0 Å². The molecule has 1 aromatic carbocycles. The third-order valence-corrected chi connectivity index (χ3v) is 6.20. The van der Waals surface area contributed by atoms with Crippen LogP contribution in [0.4, 0.5) is 10.1 Å². The second-order valence-corrected chi connectivity index (χ2v) is 7.97. The van der Waals surface area contributed by atoms with Gasteiger partial charge in [0.15, 0.2) is 0 Å². The topological polar surface area (TPSA) is 67.2 Å². The van der Waals surface area contributed by atoms with Gasteiger partial charge in [-0.3, -0.25) is 9.36 Å². The minimum absolute atomic E-state index is 0.124. The summed E-state index contributed by atoms with van der Waals surface area (Å²) in [6, 6.07) is 5.78. The van der Waals surface area contributed by atoms with E-state index in [1.807, 2.05) is 0 Å². The summed E-state index contributed by atoms with van der Waals surface area (Å²) < 4.78 is 15.1. The summed E-state index contributed by atoms with van der Waals surface area (Å²) in [7, 11) is 0. The highest BCUT2D eigenvalue weighted by Gasteiger charge is 2.22. The van der Waals surface area contributed by atoms with E-state index in [1.54, 1.807) is 16.7 Å². The van der Waals surface area contributed by atoms with Gasteiger partial charge < -0.3 is 10.2 Å². The number of likely N-dealkylation sites (N-methyl/N-ethyl adjacent to an activating group) is 1. The van der Waals surface area contributed by atoms with Crippen molar-refractivity contribution in [2.45, 2.75) is 44.7 Å². The monoisotopic (exact) mass is 418 g/mol. The van der Waals surface area contributed by atoms with Crippen molar-refractivity contribution >= 4 is 23.4 Å². The molecule has 156 valence electrons. The summed E-state index contributed by atoms with van der Waals surface area (Å²) in [5.74, 6) is -0.526. The van der Waals surface area contributed by atoms with E-state index in [-0.39, 0.29) is 17.3 Å². The molecule has 1 heterocycles. The minimum atomic E-state index is -0.400. The van der Waals surface area contributed by atoms with Crippen LogP contribution in [0.3, 0.4) is 0 Å². The number of hydrogen-bond donors (Lipinski definition) is 1. The fourth-order valence-corrected chi connectivity index (χ4v) is 4.49. The summed E-state index contributed by atoms with van der Waals surface area (Å²) in [5.41, 5.74) is 2.32. The number of thioether (sulfide) groups is 1. The molecule has 3 rings (SSSR count). The van der Waals surface area contributed by atoms with Crippen LogP contribution in [0.15, 0.2) is 34.1 Å². The van der Waals surface area contributed by atoms with Crippen molar-refractivity contribution in [2.75, 3.05) is 30.7 Å². The predicted molar refractivity (Wildman–Crippen MR) is 114 cm³/mol. The molecule has 2 aromatic rings. The Labute approximate surface area is 174 Å². The van der Waals surface area contributed by atoms with Crippen LogP contribution in [-0.2, 0) is 24.2 Å². The molecule has 0 radical (unpaired) electrons. The van der Waals surface area contributed by atoms with E-state index in [1.165, 1.54) is 23.9 Å². The van der Waals surface area contributed by atoms with Crippen molar-refractivity contribution in [2.24, 2.45) is 0 Å². The first-order valence-electron chi connectivity index (χ1n) is 10.0. The van der Waals surface area contributed by atoms with Gasteiger partial charge in [0.25, 0.3) is 0 Å². The van der Waals surface area contributed by atoms with Crippen LogP contribution in [0.5, 0.6) is 0 Å². The zero-order valence-corrected chi connectivity index (χ0v) is 17.7. The van der Waals surface area contributed by atoms with Gasteiger partial charge in [0.1, 0.15) is 10.8 Å². The maximum Gasteiger partial charge on any atom is 0.348 e. The molecule has 0 atom stereocenters. The van der Waals surface area contributed by atoms with Crippen LogP contribution in [0.2, 0.25) is 0 Å². The average Bonchev–Trinajstić information content (AvgIpc) is 3.18. The number of hydrogen-bond acceptors (Lipinski definition) is 5. The maximum absolute atomic E-state index is 13.3. The molecule has 1 amide bonds. The van der Waals surface area contributed by atoms with Crippen LogP contribution in [-0.4, -0.2) is 45.7 Å². The Kier molecular flexibility index (Phi) is 7.44. The number of halogens is 1. The maximum atomic E-state index is 13.3. The van der Waals surface area contributed by atoms with E-state index in [4.69, 9.17) is 0 Å². The lowest BCUT2D eigenvalue weighted by atomic mass is 10.2. The van der Waals surface area contributed by atoms with Crippen molar-refractivity contribution in [3.63, 3.8) is 0 Å². The predicted octanol–water partition coefficient (Wildman–Crippen LogP) is 2.94. The number of nitrogens with zero attached hydrogens (tertiary/aromatic N) is 3. The molecule has 1 aliphatic carbocycles. The lowest BCUT2D eigenvalue weighted by molar-refractivity contribution is -0.113. The molecule has 0 unspecified atom stereocenters. The summed E-state index contributed by atoms with van der Waals surface area (Å²) in [5, 5.41) is 3.32. The summed E-state index contributed by atoms with van der Waals surface area (Å²) in [6.07, 6.45) is 2.74. The molecule has 1 aromatic heterocycles. The highest BCUT2D eigenvalue weighted by Crippen LogP contribution is 2.29. The van der Waals surface area contributed by atoms with E-state index in [2.05, 4.69) is 29.0 Å². The van der Waals surface area contributed by atoms with Crippen molar-refractivity contribution in [1.29, 1.82) is 0 Å². The molecule has 0 aliphatic heterocycles. The zero-order valence-electron chi connectivity index (χ0n) is 16.9. The molecular formula is C21H27FN4O2S. The van der Waals surface area contributed by atoms with Crippen molar-refractivity contribution in [3.05, 3.63) is 51.8 Å². The zero-order chi connectivity index (χ0) is 20.8. The van der Waals surface area contributed by atoms with E-state index in [9.17, 15) is 14.0 Å². The second-order valence-electron chi connectivity index (χ2n) is 7.00. The summed E-state index contributed by atoms with van der Waals surface area (Å²) in [6.45, 7) is 7.60. The van der Waals surface area contributed by atoms with Crippen LogP contribution in [0, 0.1) is 5.82 Å². The lowest BCUT2D eigenvalue weighted by Crippen LogP contribution is -2.34. The standard InChI is InChI=1S/C21H27FN4O2S/c1-3-25(4-2)11-12-26-18-10-6-9-17(18)20(24-21(26)28)29-14-19(27)23-16-8-5-7-15(22)13-16/h5,7-8,13H,3-4,6,9-12,14H2,1-2H3,(H,23,27). The molecule has 1 aliphatic rings. The van der Waals surface area contributed by atoms with Crippen LogP contribution in [0.1, 0.15) is 31.5 Å². The van der Waals surface area contributed by atoms with Gasteiger partial charge in [0, 0.05) is 30.0 Å². The van der Waals surface area contributed by atoms with Gasteiger partial charge in [0.2, 0.25) is 5.91 Å². The van der Waals surface area contributed by atoms with E-state index >= 15 is 0 Å². The van der Waals surface area contributed by atoms with Crippen molar-refractivity contribution in [1.82, 2.24) is 14.5 Å². The van der Waals surface area contributed by atoms with Crippen molar-refractivity contribution < 1.29 is 9.18 Å². The quantitative estimate of drug-likeness (QED) is 0.501. The molecule has 6 nitrogen and oxygen atoms in total. The van der Waals surface area contributed by atoms with Gasteiger partial charge in [-0.2, -0.15) is 4.98 Å². The van der Waals surface area contributed by atoms with Gasteiger partial charge in [-0.05, 0) is 50.6 Å². The van der Waals surface area contributed by atoms with Gasteiger partial charge >= 0.3 is 5.69 Å². The molecule has 8 heteroatoms. The Morgan fingerprint density at radius 1 is 1.31 bits per heavy atom. The Balaban J connectivity index is 1.69. The SMILES string of the molecule is CCN(CC)CCn1c2c(c(SCC(=O)Nc3cccc(F)c3)nc1=O)CCC2. The highest BCUT2D eigenvalue weighted by atomic mass is 32.2. The van der Waals surface area contributed by atoms with E-state index in [0.29, 0.717) is 17.3 Å². The summed E-state index contributed by atoms with van der Waals surface area (Å²) in [4.78, 5) is 31.4. The number of amides is 1. The Bertz CT molecular complexity index is 927. The Morgan fingerprint density at radius 3 is 2.83 bits per heavy atom. The first-order chi connectivity index (χ1) is 14.0. The normalized spacial score (nSPS) is 13.0. The molecular weight excluding hydrogens is 391 g/mol. The Hall–Kier alpha value is -2.19. The Morgan fingerprint density at radius 2 is 2.10 bits per heavy atom. The molecule has 0 bridgehead atoms. The minimum Gasteiger partial charge on any atom is -0.325 e. The van der Waals surface area contributed by atoms with E-state index < -0.39 is 5.82 Å². The smallest absolute Gasteiger partial charge is 0.325 e. The van der Waals surface area contributed by atoms with Gasteiger partial charge in [0.05, 0.1) is 5.75 Å². The number of nitrogens with one attached hydrogen (secondary N) is 1. The molecule has 1 N–H and O–H groups in total. The molecule has 0 spiro atoms. The number of carbonyl (C=O) groups is 1. The average molecular weight is 419 g/mol. The fraction of sp³-hybridized carbons (Fsp3) is 0.476. The van der Waals surface area contributed by atoms with Crippen LogP contribution < -0.4 is 11.0 Å². The van der Waals surface area contributed by atoms with Gasteiger partial charge in [-0.25, -0.2) is 9.18 Å². The number of rotatable bonds is 9. The van der Waals surface area contributed by atoms with Crippen molar-refractivity contribution in [3.8, 4) is 0 Å². The molecule has 0 saturated carbocycles. The number of carbonyl (C=O) groups excluding carboxylic acids is 1. The van der Waals surface area contributed by atoms with E-state index in [0.717, 1.165) is 50.2 Å². The third kappa shape index (κ3) is 5.45. The second kappa shape index (κ2) is 10.0. The summed E-state index contributed by atoms with van der Waals surface area (Å²) >= 11 is 1.27. The third-order valence-electron chi connectivity index (χ3n) is 5.18. The molecule has 29 heavy (non-hydrogen) atoms. The number of benzene rings is 1. The van der Waals surface area contributed by atoms with Crippen LogP contribution in [0.25, 0.3) is 0 Å². The van der Waals surface area contributed by atoms with Crippen LogP contribution >= 0.6 is 11.8 Å². The molecule has 0 saturated heterocycles. The first-order valence-corrected chi connectivity index (χ1v) is 11.0.